The SMILES string of the molecule is Cc1cc([N+](=O)[O-])ccc1NC(=O)C(=O)NCCc1ccc(N(C)C)cc1. The molecule has 2 N–H and O–H groups in total. The van der Waals surface area contributed by atoms with E-state index in [1.54, 1.807) is 6.92 Å². The van der Waals surface area contributed by atoms with Gasteiger partial charge in [-0.25, -0.2) is 0 Å². The van der Waals surface area contributed by atoms with Gasteiger partial charge >= 0.3 is 11.8 Å². The lowest BCUT2D eigenvalue weighted by molar-refractivity contribution is -0.384. The number of amides is 2. The Morgan fingerprint density at radius 2 is 1.74 bits per heavy atom. The van der Waals surface area contributed by atoms with Crippen molar-refractivity contribution in [1.82, 2.24) is 5.32 Å². The maximum absolute atomic E-state index is 12.0. The Bertz CT molecular complexity index is 847. The van der Waals surface area contributed by atoms with Crippen molar-refractivity contribution in [2.24, 2.45) is 0 Å². The third kappa shape index (κ3) is 5.53. The van der Waals surface area contributed by atoms with Gasteiger partial charge in [0, 0.05) is 44.1 Å². The molecular formula is C19H22N4O4. The van der Waals surface area contributed by atoms with E-state index >= 15 is 0 Å². The zero-order chi connectivity index (χ0) is 20.0. The zero-order valence-corrected chi connectivity index (χ0v) is 15.5. The number of nitro groups is 1. The lowest BCUT2D eigenvalue weighted by Gasteiger charge is -2.12. The summed E-state index contributed by atoms with van der Waals surface area (Å²) in [7, 11) is 3.92. The number of rotatable bonds is 6. The molecule has 0 bridgehead atoms. The summed E-state index contributed by atoms with van der Waals surface area (Å²) in [6.07, 6.45) is 0.600. The molecule has 0 spiro atoms. The van der Waals surface area contributed by atoms with Gasteiger partial charge in [0.25, 0.3) is 5.69 Å². The highest BCUT2D eigenvalue weighted by Gasteiger charge is 2.15. The van der Waals surface area contributed by atoms with Crippen molar-refractivity contribution in [3.8, 4) is 0 Å². The Hall–Kier alpha value is -3.42. The van der Waals surface area contributed by atoms with Gasteiger partial charge in [0.15, 0.2) is 0 Å². The van der Waals surface area contributed by atoms with Crippen LogP contribution in [0.4, 0.5) is 17.1 Å². The summed E-state index contributed by atoms with van der Waals surface area (Å²) >= 11 is 0. The number of nitrogens with zero attached hydrogens (tertiary/aromatic N) is 2. The molecule has 0 saturated heterocycles. The van der Waals surface area contributed by atoms with E-state index in [0.29, 0.717) is 24.2 Å². The molecule has 8 nitrogen and oxygen atoms in total. The Labute approximate surface area is 157 Å². The summed E-state index contributed by atoms with van der Waals surface area (Å²) in [6.45, 7) is 1.95. The molecular weight excluding hydrogens is 348 g/mol. The quantitative estimate of drug-likeness (QED) is 0.461. The highest BCUT2D eigenvalue weighted by atomic mass is 16.6. The fourth-order valence-corrected chi connectivity index (χ4v) is 2.44. The monoisotopic (exact) mass is 370 g/mol. The first-order valence-electron chi connectivity index (χ1n) is 8.38. The molecule has 142 valence electrons. The second-order valence-corrected chi connectivity index (χ2v) is 6.28. The van der Waals surface area contributed by atoms with Crippen LogP contribution in [0.1, 0.15) is 11.1 Å². The van der Waals surface area contributed by atoms with Crippen LogP contribution in [0, 0.1) is 17.0 Å². The summed E-state index contributed by atoms with van der Waals surface area (Å²) in [6, 6.07) is 11.9. The molecule has 0 fully saturated rings. The van der Waals surface area contributed by atoms with Crippen LogP contribution in [0.25, 0.3) is 0 Å². The number of carbonyl (C=O) groups is 2. The van der Waals surface area contributed by atoms with Crippen molar-refractivity contribution in [1.29, 1.82) is 0 Å². The first-order chi connectivity index (χ1) is 12.8. The Kier molecular flexibility index (Phi) is 6.48. The van der Waals surface area contributed by atoms with Crippen LogP contribution in [-0.2, 0) is 16.0 Å². The molecule has 8 heteroatoms. The predicted molar refractivity (Wildman–Crippen MR) is 104 cm³/mol. The van der Waals surface area contributed by atoms with Crippen LogP contribution in [-0.4, -0.2) is 37.4 Å². The molecule has 2 amide bonds. The second-order valence-electron chi connectivity index (χ2n) is 6.28. The maximum Gasteiger partial charge on any atom is 0.313 e. The molecule has 2 rings (SSSR count). The van der Waals surface area contributed by atoms with Crippen LogP contribution in [0.3, 0.4) is 0 Å². The van der Waals surface area contributed by atoms with E-state index in [2.05, 4.69) is 10.6 Å². The van der Waals surface area contributed by atoms with E-state index in [-0.39, 0.29) is 5.69 Å². The van der Waals surface area contributed by atoms with Crippen molar-refractivity contribution in [3.05, 3.63) is 63.7 Å². The van der Waals surface area contributed by atoms with E-state index in [0.717, 1.165) is 11.3 Å². The molecule has 0 atom stereocenters. The smallest absolute Gasteiger partial charge is 0.313 e. The fourth-order valence-electron chi connectivity index (χ4n) is 2.44. The molecule has 0 aliphatic rings. The van der Waals surface area contributed by atoms with Crippen LogP contribution in [0.2, 0.25) is 0 Å². The summed E-state index contributed by atoms with van der Waals surface area (Å²) in [4.78, 5) is 36.1. The number of non-ortho nitro benzene ring substituents is 1. The van der Waals surface area contributed by atoms with E-state index in [1.807, 2.05) is 43.3 Å². The van der Waals surface area contributed by atoms with Gasteiger partial charge in [-0.1, -0.05) is 12.1 Å². The molecule has 0 aliphatic heterocycles. The maximum atomic E-state index is 12.0. The average Bonchev–Trinajstić information content (AvgIpc) is 2.63. The number of hydrogen-bond donors (Lipinski definition) is 2. The first-order valence-corrected chi connectivity index (χ1v) is 8.38. The van der Waals surface area contributed by atoms with Crippen LogP contribution >= 0.6 is 0 Å². The van der Waals surface area contributed by atoms with Gasteiger partial charge < -0.3 is 15.5 Å². The standard InChI is InChI=1S/C19H22N4O4/c1-13-12-16(23(26)27)8-9-17(13)21-19(25)18(24)20-11-10-14-4-6-15(7-5-14)22(2)3/h4-9,12H,10-11H2,1-3H3,(H,20,24)(H,21,25). The molecule has 0 unspecified atom stereocenters. The van der Waals surface area contributed by atoms with Crippen molar-refractivity contribution < 1.29 is 14.5 Å². The third-order valence-corrected chi connectivity index (χ3v) is 4.03. The van der Waals surface area contributed by atoms with Gasteiger partial charge in [0.05, 0.1) is 4.92 Å². The molecule has 2 aromatic rings. The van der Waals surface area contributed by atoms with Crippen LogP contribution in [0.15, 0.2) is 42.5 Å². The normalized spacial score (nSPS) is 10.2. The van der Waals surface area contributed by atoms with Gasteiger partial charge in [-0.2, -0.15) is 0 Å². The lowest BCUT2D eigenvalue weighted by Crippen LogP contribution is -2.36. The minimum atomic E-state index is -0.810. The Balaban J connectivity index is 1.85. The van der Waals surface area contributed by atoms with Crippen molar-refractivity contribution >= 4 is 28.9 Å². The van der Waals surface area contributed by atoms with Gasteiger partial charge in [-0.15, -0.1) is 0 Å². The lowest BCUT2D eigenvalue weighted by atomic mass is 10.1. The first kappa shape index (κ1) is 19.9. The molecule has 27 heavy (non-hydrogen) atoms. The zero-order valence-electron chi connectivity index (χ0n) is 15.5. The highest BCUT2D eigenvalue weighted by Crippen LogP contribution is 2.21. The van der Waals surface area contributed by atoms with Gasteiger partial charge in [0.1, 0.15) is 0 Å². The summed E-state index contributed by atoms with van der Waals surface area (Å²) in [5, 5.41) is 15.8. The molecule has 0 saturated carbocycles. The number of hydrogen-bond acceptors (Lipinski definition) is 5. The molecule has 0 radical (unpaired) electrons. The molecule has 0 aromatic heterocycles. The molecule has 0 aliphatic carbocycles. The van der Waals surface area contributed by atoms with Gasteiger partial charge in [0.2, 0.25) is 0 Å². The number of aryl methyl sites for hydroxylation is 1. The van der Waals surface area contributed by atoms with E-state index < -0.39 is 16.7 Å². The Morgan fingerprint density at radius 1 is 1.07 bits per heavy atom. The number of anilines is 2. The van der Waals surface area contributed by atoms with E-state index in [4.69, 9.17) is 0 Å². The van der Waals surface area contributed by atoms with Gasteiger partial charge in [-0.3, -0.25) is 19.7 Å². The van der Waals surface area contributed by atoms with Crippen LogP contribution < -0.4 is 15.5 Å². The number of nitro benzene ring substituents is 1. The molecule has 0 heterocycles. The predicted octanol–water partition coefficient (Wildman–Crippen LogP) is 2.27. The fraction of sp³-hybridized carbons (Fsp3) is 0.263. The number of benzene rings is 2. The summed E-state index contributed by atoms with van der Waals surface area (Å²) in [5.74, 6) is -1.56. The third-order valence-electron chi connectivity index (χ3n) is 4.03. The summed E-state index contributed by atoms with van der Waals surface area (Å²) in [5.41, 5.74) is 2.93. The average molecular weight is 370 g/mol. The largest absolute Gasteiger partial charge is 0.378 e. The van der Waals surface area contributed by atoms with Crippen molar-refractivity contribution in [2.75, 3.05) is 30.9 Å². The summed E-state index contributed by atoms with van der Waals surface area (Å²) < 4.78 is 0. The van der Waals surface area contributed by atoms with E-state index in [9.17, 15) is 19.7 Å². The number of nitrogens with one attached hydrogen (secondary N) is 2. The Morgan fingerprint density at radius 3 is 2.30 bits per heavy atom. The number of carbonyl (C=O) groups excluding carboxylic acids is 2. The minimum absolute atomic E-state index is 0.0739. The van der Waals surface area contributed by atoms with E-state index in [1.165, 1.54) is 18.2 Å². The second kappa shape index (κ2) is 8.79. The van der Waals surface area contributed by atoms with Crippen molar-refractivity contribution in [3.63, 3.8) is 0 Å². The minimum Gasteiger partial charge on any atom is -0.378 e. The van der Waals surface area contributed by atoms with Gasteiger partial charge in [-0.05, 0) is 42.7 Å². The topological polar surface area (TPSA) is 105 Å². The molecule has 2 aromatic carbocycles. The van der Waals surface area contributed by atoms with Crippen LogP contribution in [0.5, 0.6) is 0 Å². The van der Waals surface area contributed by atoms with Crippen molar-refractivity contribution in [2.45, 2.75) is 13.3 Å². The highest BCUT2D eigenvalue weighted by molar-refractivity contribution is 6.39.